The van der Waals surface area contributed by atoms with Crippen LogP contribution in [0.25, 0.3) is 0 Å². The molecule has 8 nitrogen and oxygen atoms in total. The lowest BCUT2D eigenvalue weighted by molar-refractivity contribution is -0.384. The Morgan fingerprint density at radius 3 is 2.38 bits per heavy atom. The third-order valence-electron chi connectivity index (χ3n) is 2.79. The Balaban J connectivity index is 3.10. The fourth-order valence-corrected chi connectivity index (χ4v) is 2.03. The van der Waals surface area contributed by atoms with Gasteiger partial charge in [-0.15, -0.1) is 0 Å². The molecule has 21 heavy (non-hydrogen) atoms. The lowest BCUT2D eigenvalue weighted by atomic mass is 10.2. The number of nitrogens with zero attached hydrogens (tertiary/aromatic N) is 3. The second-order valence-corrected chi connectivity index (χ2v) is 6.80. The average Bonchev–Trinajstić information content (AvgIpc) is 2.35. The molecule has 0 radical (unpaired) electrons. The van der Waals surface area contributed by atoms with Gasteiger partial charge in [0.2, 0.25) is 10.0 Å². The summed E-state index contributed by atoms with van der Waals surface area (Å²) in [6.45, 7) is 1.07. The van der Waals surface area contributed by atoms with E-state index in [1.54, 1.807) is 0 Å². The summed E-state index contributed by atoms with van der Waals surface area (Å²) in [5, 5.41) is 11.0. The van der Waals surface area contributed by atoms with Gasteiger partial charge in [0, 0.05) is 25.7 Å². The van der Waals surface area contributed by atoms with Crippen molar-refractivity contribution in [2.24, 2.45) is 0 Å². The summed E-state index contributed by atoms with van der Waals surface area (Å²) < 4.78 is 29.5. The highest BCUT2D eigenvalue weighted by molar-refractivity contribution is 7.92. The van der Waals surface area contributed by atoms with Crippen LogP contribution in [0.15, 0.2) is 18.2 Å². The third kappa shape index (κ3) is 4.87. The van der Waals surface area contributed by atoms with Crippen LogP contribution >= 0.6 is 0 Å². The van der Waals surface area contributed by atoms with E-state index in [0.717, 1.165) is 10.6 Å². The Labute approximate surface area is 124 Å². The first kappa shape index (κ1) is 17.2. The first-order chi connectivity index (χ1) is 9.62. The van der Waals surface area contributed by atoms with Crippen molar-refractivity contribution in [3.8, 4) is 5.75 Å². The number of likely N-dealkylation sites (N-methyl/N-ethyl adjacent to an activating group) is 1. The highest BCUT2D eigenvalue weighted by atomic mass is 32.2. The van der Waals surface area contributed by atoms with Crippen molar-refractivity contribution in [3.05, 3.63) is 28.3 Å². The van der Waals surface area contributed by atoms with Crippen LogP contribution in [-0.2, 0) is 10.0 Å². The Morgan fingerprint density at radius 2 is 1.90 bits per heavy atom. The smallest absolute Gasteiger partial charge is 0.293 e. The molecule has 0 amide bonds. The van der Waals surface area contributed by atoms with Gasteiger partial charge in [0.1, 0.15) is 18.0 Å². The summed E-state index contributed by atoms with van der Waals surface area (Å²) >= 11 is 0. The van der Waals surface area contributed by atoms with E-state index >= 15 is 0 Å². The Bertz CT molecular complexity index is 615. The summed E-state index contributed by atoms with van der Waals surface area (Å²) in [6.07, 6.45) is 0.982. The zero-order valence-corrected chi connectivity index (χ0v) is 13.3. The van der Waals surface area contributed by atoms with Crippen LogP contribution in [0.1, 0.15) is 0 Å². The van der Waals surface area contributed by atoms with Crippen molar-refractivity contribution in [2.45, 2.75) is 0 Å². The standard InChI is InChI=1S/C12H19N3O5S/c1-13(2)7-8-20-10-5-6-11(15(16)17)12(9-10)14(3)21(4,18)19/h5-6,9H,7-8H2,1-4H3. The van der Waals surface area contributed by atoms with Crippen molar-refractivity contribution < 1.29 is 18.1 Å². The van der Waals surface area contributed by atoms with Crippen LogP contribution in [0.2, 0.25) is 0 Å². The highest BCUT2D eigenvalue weighted by Gasteiger charge is 2.23. The van der Waals surface area contributed by atoms with Crippen LogP contribution in [0.4, 0.5) is 11.4 Å². The van der Waals surface area contributed by atoms with Crippen molar-refractivity contribution in [1.82, 2.24) is 4.90 Å². The Hall–Kier alpha value is -1.87. The average molecular weight is 317 g/mol. The molecular weight excluding hydrogens is 298 g/mol. The van der Waals surface area contributed by atoms with Gasteiger partial charge in [0.25, 0.3) is 5.69 Å². The van der Waals surface area contributed by atoms with Gasteiger partial charge in [-0.1, -0.05) is 0 Å². The third-order valence-corrected chi connectivity index (χ3v) is 3.98. The molecule has 0 atom stereocenters. The maximum atomic E-state index is 11.6. The van der Waals surface area contributed by atoms with Gasteiger partial charge in [-0.2, -0.15) is 0 Å². The predicted molar refractivity (Wildman–Crippen MR) is 80.4 cm³/mol. The van der Waals surface area contributed by atoms with Crippen molar-refractivity contribution in [1.29, 1.82) is 0 Å². The lowest BCUT2D eigenvalue weighted by Crippen LogP contribution is -2.25. The Kier molecular flexibility index (Phi) is 5.50. The van der Waals surface area contributed by atoms with Gasteiger partial charge in [-0.05, 0) is 20.2 Å². The summed E-state index contributed by atoms with van der Waals surface area (Å²) in [5.41, 5.74) is -0.312. The van der Waals surface area contributed by atoms with Gasteiger partial charge >= 0.3 is 0 Å². The normalized spacial score (nSPS) is 11.5. The van der Waals surface area contributed by atoms with E-state index in [0.29, 0.717) is 18.9 Å². The molecule has 0 saturated heterocycles. The van der Waals surface area contributed by atoms with Gasteiger partial charge in [-0.3, -0.25) is 14.4 Å². The molecule has 0 aromatic heterocycles. The number of rotatable bonds is 7. The zero-order valence-electron chi connectivity index (χ0n) is 12.4. The maximum Gasteiger partial charge on any atom is 0.293 e. The molecule has 0 aliphatic rings. The van der Waals surface area contributed by atoms with E-state index in [-0.39, 0.29) is 11.4 Å². The highest BCUT2D eigenvalue weighted by Crippen LogP contribution is 2.32. The molecule has 9 heteroatoms. The maximum absolute atomic E-state index is 11.6. The molecule has 0 bridgehead atoms. The summed E-state index contributed by atoms with van der Waals surface area (Å²) in [7, 11) is 1.45. The lowest BCUT2D eigenvalue weighted by Gasteiger charge is -2.18. The van der Waals surface area contributed by atoms with Crippen LogP contribution < -0.4 is 9.04 Å². The number of sulfonamides is 1. The van der Waals surface area contributed by atoms with Crippen molar-refractivity contribution in [3.63, 3.8) is 0 Å². The number of anilines is 1. The van der Waals surface area contributed by atoms with Gasteiger partial charge in [0.15, 0.2) is 0 Å². The summed E-state index contributed by atoms with van der Waals surface area (Å²) in [4.78, 5) is 12.3. The van der Waals surface area contributed by atoms with Gasteiger partial charge < -0.3 is 9.64 Å². The van der Waals surface area contributed by atoms with Crippen LogP contribution in [-0.4, -0.2) is 58.8 Å². The minimum absolute atomic E-state index is 0.0233. The van der Waals surface area contributed by atoms with Gasteiger partial charge in [0.05, 0.1) is 11.2 Å². The second-order valence-electron chi connectivity index (χ2n) is 4.79. The summed E-state index contributed by atoms with van der Waals surface area (Å²) in [6, 6.07) is 4.05. The first-order valence-corrected chi connectivity index (χ1v) is 7.97. The number of hydrogen-bond donors (Lipinski definition) is 0. The van der Waals surface area contributed by atoms with E-state index in [1.165, 1.54) is 25.2 Å². The number of ether oxygens (including phenoxy) is 1. The first-order valence-electron chi connectivity index (χ1n) is 6.13. The topological polar surface area (TPSA) is 93.0 Å². The molecule has 0 saturated carbocycles. The monoisotopic (exact) mass is 317 g/mol. The molecule has 1 aromatic carbocycles. The molecule has 0 spiro atoms. The quantitative estimate of drug-likeness (QED) is 0.548. The molecule has 1 rings (SSSR count). The minimum atomic E-state index is -3.60. The molecule has 0 unspecified atom stereocenters. The fourth-order valence-electron chi connectivity index (χ4n) is 1.52. The summed E-state index contributed by atoms with van der Waals surface area (Å²) in [5.74, 6) is 0.382. The fraction of sp³-hybridized carbons (Fsp3) is 0.500. The molecule has 0 fully saturated rings. The number of benzene rings is 1. The van der Waals surface area contributed by atoms with Crippen molar-refractivity contribution >= 4 is 21.4 Å². The molecule has 0 aliphatic carbocycles. The molecule has 0 aliphatic heterocycles. The molecular formula is C12H19N3O5S. The number of nitro benzene ring substituents is 1. The number of hydrogen-bond acceptors (Lipinski definition) is 6. The van der Waals surface area contributed by atoms with E-state index < -0.39 is 14.9 Å². The van der Waals surface area contributed by atoms with Crippen LogP contribution in [0.5, 0.6) is 5.75 Å². The molecule has 0 N–H and O–H groups in total. The van der Waals surface area contributed by atoms with E-state index in [4.69, 9.17) is 4.74 Å². The second kappa shape index (κ2) is 6.72. The zero-order chi connectivity index (χ0) is 16.2. The molecule has 118 valence electrons. The van der Waals surface area contributed by atoms with E-state index in [2.05, 4.69) is 0 Å². The Morgan fingerprint density at radius 1 is 1.29 bits per heavy atom. The van der Waals surface area contributed by atoms with Crippen molar-refractivity contribution in [2.75, 3.05) is 44.9 Å². The van der Waals surface area contributed by atoms with E-state index in [1.807, 2.05) is 19.0 Å². The van der Waals surface area contributed by atoms with Gasteiger partial charge in [-0.25, -0.2) is 8.42 Å². The number of nitro groups is 1. The minimum Gasteiger partial charge on any atom is -0.492 e. The SMILES string of the molecule is CN(C)CCOc1ccc([N+](=O)[O-])c(N(C)S(C)(=O)=O)c1. The van der Waals surface area contributed by atoms with Crippen LogP contribution in [0, 0.1) is 10.1 Å². The molecule has 0 heterocycles. The molecule has 1 aromatic rings. The largest absolute Gasteiger partial charge is 0.492 e. The van der Waals surface area contributed by atoms with E-state index in [9.17, 15) is 18.5 Å². The van der Waals surface area contributed by atoms with Crippen LogP contribution in [0.3, 0.4) is 0 Å². The predicted octanol–water partition coefficient (Wildman–Crippen LogP) is 0.931.